The Morgan fingerprint density at radius 1 is 1.54 bits per heavy atom. The van der Waals surface area contributed by atoms with E-state index >= 15 is 0 Å². The minimum Gasteiger partial charge on any atom is -0.306 e. The molecule has 13 heavy (non-hydrogen) atoms. The lowest BCUT2D eigenvalue weighted by Crippen LogP contribution is -2.17. The Hall–Kier alpha value is -1.34. The molecule has 0 bridgehead atoms. The van der Waals surface area contributed by atoms with Crippen LogP contribution < -0.4 is 5.32 Å². The fraction of sp³-hybridized carbons (Fsp3) is 0.556. The predicted octanol–water partition coefficient (Wildman–Crippen LogP) is 0.281. The van der Waals surface area contributed by atoms with Crippen LogP contribution >= 0.6 is 0 Å². The first-order valence-electron chi connectivity index (χ1n) is 4.38. The summed E-state index contributed by atoms with van der Waals surface area (Å²) < 4.78 is 1.83. The van der Waals surface area contributed by atoms with E-state index in [-0.39, 0.29) is 0 Å². The third kappa shape index (κ3) is 4.28. The lowest BCUT2D eigenvalue weighted by molar-refractivity contribution is 0.541. The molecule has 1 heterocycles. The molecule has 0 saturated carbocycles. The summed E-state index contributed by atoms with van der Waals surface area (Å²) in [6, 6.07) is 0. The molecule has 4 nitrogen and oxygen atoms in total. The second kappa shape index (κ2) is 6.21. The summed E-state index contributed by atoms with van der Waals surface area (Å²) in [5.41, 5.74) is 0. The first-order valence-corrected chi connectivity index (χ1v) is 4.38. The van der Waals surface area contributed by atoms with E-state index in [0.29, 0.717) is 0 Å². The van der Waals surface area contributed by atoms with Crippen LogP contribution in [0.5, 0.6) is 0 Å². The molecule has 0 aliphatic carbocycles. The van der Waals surface area contributed by atoms with Gasteiger partial charge in [-0.3, -0.25) is 4.68 Å². The van der Waals surface area contributed by atoms with Crippen LogP contribution in [0.15, 0.2) is 12.4 Å². The minimum absolute atomic E-state index is 0.772. The van der Waals surface area contributed by atoms with Gasteiger partial charge in [0.15, 0.2) is 0 Å². The number of aromatic nitrogens is 3. The number of aryl methyl sites for hydroxylation is 1. The van der Waals surface area contributed by atoms with E-state index in [4.69, 9.17) is 0 Å². The van der Waals surface area contributed by atoms with Crippen LogP contribution in [0.2, 0.25) is 0 Å². The molecule has 0 amide bonds. The summed E-state index contributed by atoms with van der Waals surface area (Å²) in [6.45, 7) is 4.49. The van der Waals surface area contributed by atoms with Gasteiger partial charge in [0, 0.05) is 12.7 Å². The maximum absolute atomic E-state index is 3.86. The van der Waals surface area contributed by atoms with Gasteiger partial charge in [-0.2, -0.15) is 0 Å². The van der Waals surface area contributed by atoms with E-state index < -0.39 is 0 Å². The van der Waals surface area contributed by atoms with Crippen molar-refractivity contribution in [3.8, 4) is 11.8 Å². The highest BCUT2D eigenvalue weighted by molar-refractivity contribution is 4.96. The van der Waals surface area contributed by atoms with Crippen LogP contribution in [-0.2, 0) is 6.54 Å². The number of nitrogens with zero attached hydrogens (tertiary/aromatic N) is 3. The third-order valence-corrected chi connectivity index (χ3v) is 1.60. The summed E-state index contributed by atoms with van der Waals surface area (Å²) in [5.74, 6) is 5.78. The average Bonchev–Trinajstić information content (AvgIpc) is 2.63. The van der Waals surface area contributed by atoms with Gasteiger partial charge in [0.2, 0.25) is 0 Å². The molecule has 1 aromatic heterocycles. The molecule has 0 fully saturated rings. The molecule has 70 valence electrons. The molecule has 0 spiro atoms. The summed E-state index contributed by atoms with van der Waals surface area (Å²) in [6.07, 6.45) is 4.61. The molecule has 0 atom stereocenters. The van der Waals surface area contributed by atoms with Gasteiger partial charge in [-0.15, -0.1) is 11.0 Å². The average molecular weight is 178 g/mol. The van der Waals surface area contributed by atoms with Gasteiger partial charge in [-0.1, -0.05) is 11.1 Å². The van der Waals surface area contributed by atoms with E-state index in [1.807, 2.05) is 17.8 Å². The zero-order valence-corrected chi connectivity index (χ0v) is 7.82. The van der Waals surface area contributed by atoms with Crippen molar-refractivity contribution in [1.29, 1.82) is 0 Å². The van der Waals surface area contributed by atoms with Crippen molar-refractivity contribution < 1.29 is 0 Å². The van der Waals surface area contributed by atoms with Crippen LogP contribution in [0.3, 0.4) is 0 Å². The summed E-state index contributed by atoms with van der Waals surface area (Å²) in [5, 5.41) is 10.8. The Bertz CT molecular complexity index is 268. The fourth-order valence-electron chi connectivity index (χ4n) is 0.957. The van der Waals surface area contributed by atoms with Gasteiger partial charge < -0.3 is 5.32 Å². The SMILES string of the molecule is CC#CCNCCCn1ccnn1. The van der Waals surface area contributed by atoms with Gasteiger partial charge in [-0.05, 0) is 19.9 Å². The highest BCUT2D eigenvalue weighted by Crippen LogP contribution is 1.84. The molecule has 0 aliphatic heterocycles. The van der Waals surface area contributed by atoms with E-state index in [1.54, 1.807) is 6.20 Å². The van der Waals surface area contributed by atoms with Gasteiger partial charge in [0.25, 0.3) is 0 Å². The molecule has 4 heteroatoms. The quantitative estimate of drug-likeness (QED) is 0.520. The lowest BCUT2D eigenvalue weighted by Gasteiger charge is -2.00. The molecular formula is C9H14N4. The lowest BCUT2D eigenvalue weighted by atomic mass is 10.4. The van der Waals surface area contributed by atoms with Crippen molar-refractivity contribution >= 4 is 0 Å². The molecule has 0 aliphatic rings. The Kier molecular flexibility index (Phi) is 4.65. The molecule has 0 aromatic carbocycles. The number of nitrogens with one attached hydrogen (secondary N) is 1. The van der Waals surface area contributed by atoms with Gasteiger partial charge in [0.1, 0.15) is 0 Å². The highest BCUT2D eigenvalue weighted by atomic mass is 15.4. The van der Waals surface area contributed by atoms with Crippen molar-refractivity contribution in [2.45, 2.75) is 19.9 Å². The zero-order chi connectivity index (χ0) is 9.36. The van der Waals surface area contributed by atoms with E-state index in [0.717, 1.165) is 26.1 Å². The zero-order valence-electron chi connectivity index (χ0n) is 7.82. The Labute approximate surface area is 78.3 Å². The molecular weight excluding hydrogens is 164 g/mol. The summed E-state index contributed by atoms with van der Waals surface area (Å²) in [4.78, 5) is 0. The first-order chi connectivity index (χ1) is 6.43. The standard InChI is InChI=1S/C9H14N4/c1-2-3-5-10-6-4-8-13-9-7-11-12-13/h7,9-10H,4-6,8H2,1H3. The van der Waals surface area contributed by atoms with Crippen molar-refractivity contribution in [1.82, 2.24) is 20.3 Å². The molecule has 1 N–H and O–H groups in total. The number of rotatable bonds is 5. The normalized spacial score (nSPS) is 9.31. The smallest absolute Gasteiger partial charge is 0.0692 e. The summed E-state index contributed by atoms with van der Waals surface area (Å²) in [7, 11) is 0. The topological polar surface area (TPSA) is 42.7 Å². The van der Waals surface area contributed by atoms with E-state index in [1.165, 1.54) is 0 Å². The van der Waals surface area contributed by atoms with Crippen molar-refractivity contribution in [2.75, 3.05) is 13.1 Å². The van der Waals surface area contributed by atoms with Crippen LogP contribution in [0.1, 0.15) is 13.3 Å². The van der Waals surface area contributed by atoms with Gasteiger partial charge >= 0.3 is 0 Å². The maximum Gasteiger partial charge on any atom is 0.0692 e. The predicted molar refractivity (Wildman–Crippen MR) is 51.0 cm³/mol. The first kappa shape index (κ1) is 9.75. The van der Waals surface area contributed by atoms with Crippen LogP contribution in [0.25, 0.3) is 0 Å². The fourth-order valence-corrected chi connectivity index (χ4v) is 0.957. The summed E-state index contributed by atoms with van der Waals surface area (Å²) >= 11 is 0. The van der Waals surface area contributed by atoms with Crippen molar-refractivity contribution in [2.24, 2.45) is 0 Å². The maximum atomic E-state index is 3.86. The Morgan fingerprint density at radius 2 is 2.46 bits per heavy atom. The number of hydrogen-bond donors (Lipinski definition) is 1. The van der Waals surface area contributed by atoms with Crippen LogP contribution in [-0.4, -0.2) is 28.1 Å². The third-order valence-electron chi connectivity index (χ3n) is 1.60. The van der Waals surface area contributed by atoms with E-state index in [2.05, 4.69) is 27.5 Å². The molecule has 0 radical (unpaired) electrons. The van der Waals surface area contributed by atoms with Crippen molar-refractivity contribution in [3.63, 3.8) is 0 Å². The van der Waals surface area contributed by atoms with Crippen molar-refractivity contribution in [3.05, 3.63) is 12.4 Å². The molecule has 1 aromatic rings. The van der Waals surface area contributed by atoms with Gasteiger partial charge in [-0.25, -0.2) is 0 Å². The largest absolute Gasteiger partial charge is 0.306 e. The molecule has 0 unspecified atom stereocenters. The number of hydrogen-bond acceptors (Lipinski definition) is 3. The van der Waals surface area contributed by atoms with E-state index in [9.17, 15) is 0 Å². The van der Waals surface area contributed by atoms with Gasteiger partial charge in [0.05, 0.1) is 12.7 Å². The Balaban J connectivity index is 1.98. The monoisotopic (exact) mass is 178 g/mol. The van der Waals surface area contributed by atoms with Crippen LogP contribution in [0, 0.1) is 11.8 Å². The second-order valence-corrected chi connectivity index (χ2v) is 2.62. The molecule has 0 saturated heterocycles. The second-order valence-electron chi connectivity index (χ2n) is 2.62. The Morgan fingerprint density at radius 3 is 3.15 bits per heavy atom. The van der Waals surface area contributed by atoms with Crippen LogP contribution in [0.4, 0.5) is 0 Å². The highest BCUT2D eigenvalue weighted by Gasteiger charge is 1.90. The molecule has 1 rings (SSSR count). The minimum atomic E-state index is 0.772.